The predicted molar refractivity (Wildman–Crippen MR) is 100 cm³/mol. The van der Waals surface area contributed by atoms with E-state index in [9.17, 15) is 14.3 Å². The van der Waals surface area contributed by atoms with Crippen molar-refractivity contribution >= 4 is 5.91 Å². The average molecular weight is 355 g/mol. The molecule has 0 aliphatic carbocycles. The standard InChI is InChI=1S/C22H26FNO2/c1-16-5-3-4-6-20(16)22(26)11-13-24(14-12-22)21(25)15-17(2)18-7-9-19(23)10-8-18/h3-10,17,26H,11-15H2,1-2H3/t17-/m1/s1. The van der Waals surface area contributed by atoms with Crippen LogP contribution in [-0.4, -0.2) is 29.0 Å². The zero-order chi connectivity index (χ0) is 18.7. The first-order chi connectivity index (χ1) is 12.4. The third-order valence-corrected chi connectivity index (χ3v) is 5.51. The molecular weight excluding hydrogens is 329 g/mol. The van der Waals surface area contributed by atoms with Gasteiger partial charge in [0.05, 0.1) is 5.60 Å². The molecule has 0 bridgehead atoms. The second-order valence-corrected chi connectivity index (χ2v) is 7.38. The van der Waals surface area contributed by atoms with Crippen molar-refractivity contribution in [2.24, 2.45) is 0 Å². The summed E-state index contributed by atoms with van der Waals surface area (Å²) in [7, 11) is 0. The molecule has 26 heavy (non-hydrogen) atoms. The molecule has 0 spiro atoms. The lowest BCUT2D eigenvalue weighted by Crippen LogP contribution is -2.45. The molecule has 138 valence electrons. The fourth-order valence-corrected chi connectivity index (χ4v) is 3.79. The molecule has 2 aromatic rings. The molecule has 0 aromatic heterocycles. The third kappa shape index (κ3) is 3.96. The fraction of sp³-hybridized carbons (Fsp3) is 0.409. The molecular formula is C22H26FNO2. The van der Waals surface area contributed by atoms with Gasteiger partial charge in [-0.3, -0.25) is 4.79 Å². The van der Waals surface area contributed by atoms with Gasteiger partial charge in [-0.05, 0) is 54.5 Å². The molecule has 1 aliphatic heterocycles. The van der Waals surface area contributed by atoms with Gasteiger partial charge in [0.25, 0.3) is 0 Å². The summed E-state index contributed by atoms with van der Waals surface area (Å²) >= 11 is 0. The molecule has 3 nitrogen and oxygen atoms in total. The van der Waals surface area contributed by atoms with Gasteiger partial charge in [-0.25, -0.2) is 4.39 Å². The van der Waals surface area contributed by atoms with E-state index in [0.29, 0.717) is 32.4 Å². The van der Waals surface area contributed by atoms with E-state index in [1.54, 1.807) is 12.1 Å². The Bertz CT molecular complexity index is 764. The van der Waals surface area contributed by atoms with Crippen molar-refractivity contribution in [3.05, 3.63) is 71.0 Å². The van der Waals surface area contributed by atoms with E-state index in [1.807, 2.05) is 43.0 Å². The normalized spacial score (nSPS) is 17.8. The summed E-state index contributed by atoms with van der Waals surface area (Å²) < 4.78 is 13.0. The minimum Gasteiger partial charge on any atom is -0.385 e. The minimum absolute atomic E-state index is 0.0419. The first-order valence-corrected chi connectivity index (χ1v) is 9.21. The first kappa shape index (κ1) is 18.6. The van der Waals surface area contributed by atoms with Gasteiger partial charge in [-0.2, -0.15) is 0 Å². The molecule has 1 aliphatic rings. The van der Waals surface area contributed by atoms with Crippen molar-refractivity contribution < 1.29 is 14.3 Å². The number of amides is 1. The van der Waals surface area contributed by atoms with Gasteiger partial charge in [0.1, 0.15) is 5.82 Å². The van der Waals surface area contributed by atoms with E-state index >= 15 is 0 Å². The Morgan fingerprint density at radius 2 is 1.77 bits per heavy atom. The Labute approximate surface area is 154 Å². The third-order valence-electron chi connectivity index (χ3n) is 5.51. The number of benzene rings is 2. The van der Waals surface area contributed by atoms with Crippen molar-refractivity contribution in [2.75, 3.05) is 13.1 Å². The summed E-state index contributed by atoms with van der Waals surface area (Å²) in [5.41, 5.74) is 2.16. The average Bonchev–Trinajstić information content (AvgIpc) is 2.63. The van der Waals surface area contributed by atoms with Crippen LogP contribution in [0.1, 0.15) is 48.8 Å². The van der Waals surface area contributed by atoms with Crippen molar-refractivity contribution in [1.82, 2.24) is 4.90 Å². The van der Waals surface area contributed by atoms with Gasteiger partial charge in [0.2, 0.25) is 5.91 Å². The number of aliphatic hydroxyl groups is 1. The maximum Gasteiger partial charge on any atom is 0.223 e. The van der Waals surface area contributed by atoms with Gasteiger partial charge < -0.3 is 10.0 Å². The van der Waals surface area contributed by atoms with E-state index < -0.39 is 5.60 Å². The SMILES string of the molecule is Cc1ccccc1C1(O)CCN(C(=O)C[C@@H](C)c2ccc(F)cc2)CC1. The number of halogens is 1. The quantitative estimate of drug-likeness (QED) is 0.895. The lowest BCUT2D eigenvalue weighted by molar-refractivity contribution is -0.136. The maximum absolute atomic E-state index is 13.0. The molecule has 2 aromatic carbocycles. The number of likely N-dealkylation sites (tertiary alicyclic amines) is 1. The highest BCUT2D eigenvalue weighted by atomic mass is 19.1. The Morgan fingerprint density at radius 3 is 2.38 bits per heavy atom. The second-order valence-electron chi connectivity index (χ2n) is 7.38. The Kier molecular flexibility index (Phi) is 5.42. The van der Waals surface area contributed by atoms with Gasteiger partial charge in [0, 0.05) is 19.5 Å². The van der Waals surface area contributed by atoms with E-state index in [-0.39, 0.29) is 17.6 Å². The summed E-state index contributed by atoms with van der Waals surface area (Å²) in [5, 5.41) is 11.0. The van der Waals surface area contributed by atoms with Crippen LogP contribution in [0.3, 0.4) is 0 Å². The highest BCUT2D eigenvalue weighted by molar-refractivity contribution is 5.77. The number of piperidine rings is 1. The van der Waals surface area contributed by atoms with Crippen LogP contribution in [0.5, 0.6) is 0 Å². The molecule has 0 saturated carbocycles. The monoisotopic (exact) mass is 355 g/mol. The molecule has 1 fully saturated rings. The van der Waals surface area contributed by atoms with E-state index in [4.69, 9.17) is 0 Å². The van der Waals surface area contributed by atoms with Crippen LogP contribution in [0, 0.1) is 12.7 Å². The smallest absolute Gasteiger partial charge is 0.223 e. The second kappa shape index (κ2) is 7.58. The number of aryl methyl sites for hydroxylation is 1. The number of carbonyl (C=O) groups is 1. The summed E-state index contributed by atoms with van der Waals surface area (Å²) in [5.74, 6) is -0.132. The summed E-state index contributed by atoms with van der Waals surface area (Å²) in [6, 6.07) is 14.2. The number of rotatable bonds is 4. The Morgan fingerprint density at radius 1 is 1.15 bits per heavy atom. The zero-order valence-electron chi connectivity index (χ0n) is 15.4. The molecule has 4 heteroatoms. The van der Waals surface area contributed by atoms with Crippen molar-refractivity contribution in [3.8, 4) is 0 Å². The molecule has 1 heterocycles. The number of hydrogen-bond donors (Lipinski definition) is 1. The predicted octanol–water partition coefficient (Wildman–Crippen LogP) is 4.14. The van der Waals surface area contributed by atoms with Crippen LogP contribution in [0.2, 0.25) is 0 Å². The minimum atomic E-state index is -0.856. The van der Waals surface area contributed by atoms with Gasteiger partial charge >= 0.3 is 0 Å². The Hall–Kier alpha value is -2.20. The van der Waals surface area contributed by atoms with Crippen LogP contribution < -0.4 is 0 Å². The van der Waals surface area contributed by atoms with Crippen molar-refractivity contribution in [2.45, 2.75) is 44.6 Å². The lowest BCUT2D eigenvalue weighted by Gasteiger charge is -2.39. The molecule has 1 atom stereocenters. The van der Waals surface area contributed by atoms with Gasteiger partial charge in [-0.15, -0.1) is 0 Å². The van der Waals surface area contributed by atoms with Crippen LogP contribution in [0.25, 0.3) is 0 Å². The number of hydrogen-bond acceptors (Lipinski definition) is 2. The van der Waals surface area contributed by atoms with Crippen LogP contribution in [0.15, 0.2) is 48.5 Å². The molecule has 3 rings (SSSR count). The number of nitrogens with zero attached hydrogens (tertiary/aromatic N) is 1. The van der Waals surface area contributed by atoms with E-state index in [2.05, 4.69) is 0 Å². The lowest BCUT2D eigenvalue weighted by atomic mass is 9.82. The zero-order valence-corrected chi connectivity index (χ0v) is 15.4. The van der Waals surface area contributed by atoms with Crippen LogP contribution in [-0.2, 0) is 10.4 Å². The van der Waals surface area contributed by atoms with Crippen LogP contribution >= 0.6 is 0 Å². The maximum atomic E-state index is 13.0. The van der Waals surface area contributed by atoms with E-state index in [0.717, 1.165) is 16.7 Å². The summed E-state index contributed by atoms with van der Waals surface area (Å²) in [6.45, 7) is 5.10. The fourth-order valence-electron chi connectivity index (χ4n) is 3.79. The van der Waals surface area contributed by atoms with Crippen molar-refractivity contribution in [3.63, 3.8) is 0 Å². The van der Waals surface area contributed by atoms with Crippen LogP contribution in [0.4, 0.5) is 4.39 Å². The first-order valence-electron chi connectivity index (χ1n) is 9.21. The van der Waals surface area contributed by atoms with Gasteiger partial charge in [-0.1, -0.05) is 43.3 Å². The van der Waals surface area contributed by atoms with Crippen molar-refractivity contribution in [1.29, 1.82) is 0 Å². The summed E-state index contributed by atoms with van der Waals surface area (Å²) in [4.78, 5) is 14.5. The molecule has 1 amide bonds. The number of carbonyl (C=O) groups excluding carboxylic acids is 1. The topological polar surface area (TPSA) is 40.5 Å². The Balaban J connectivity index is 1.60. The largest absolute Gasteiger partial charge is 0.385 e. The molecule has 1 saturated heterocycles. The van der Waals surface area contributed by atoms with Gasteiger partial charge in [0.15, 0.2) is 0 Å². The molecule has 0 radical (unpaired) electrons. The molecule has 0 unspecified atom stereocenters. The highest BCUT2D eigenvalue weighted by Crippen LogP contribution is 2.35. The highest BCUT2D eigenvalue weighted by Gasteiger charge is 2.36. The van der Waals surface area contributed by atoms with E-state index in [1.165, 1.54) is 12.1 Å². The molecule has 1 N–H and O–H groups in total. The summed E-state index contributed by atoms with van der Waals surface area (Å²) in [6.07, 6.45) is 1.50.